The highest BCUT2D eigenvalue weighted by Gasteiger charge is 2.30. The van der Waals surface area contributed by atoms with E-state index in [1.54, 1.807) is 18.2 Å². The number of carbonyl (C=O) groups is 3. The number of carboxylic acids is 1. The van der Waals surface area contributed by atoms with Crippen LogP contribution in [0, 0.1) is 5.92 Å². The molecule has 4 rings (SSSR count). The maximum atomic E-state index is 13.2. The summed E-state index contributed by atoms with van der Waals surface area (Å²) in [4.78, 5) is 43.5. The van der Waals surface area contributed by atoms with Crippen LogP contribution in [-0.2, 0) is 9.59 Å². The second-order valence-corrected chi connectivity index (χ2v) is 9.36. The molecule has 0 saturated heterocycles. The third-order valence-electron chi connectivity index (χ3n) is 6.24. The summed E-state index contributed by atoms with van der Waals surface area (Å²) in [6, 6.07) is 8.19. The fourth-order valence-corrected chi connectivity index (χ4v) is 4.41. The molecule has 0 atom stereocenters. The van der Waals surface area contributed by atoms with Crippen molar-refractivity contribution in [2.75, 3.05) is 31.3 Å². The number of aromatic nitrogens is 1. The molecular formula is C25H27ClN4O6. The first-order valence-corrected chi connectivity index (χ1v) is 11.9. The minimum absolute atomic E-state index is 0.104. The quantitative estimate of drug-likeness (QED) is 0.406. The third kappa shape index (κ3) is 5.95. The van der Waals surface area contributed by atoms with Crippen LogP contribution in [0.5, 0.6) is 5.75 Å². The number of hydrogen-bond acceptors (Lipinski definition) is 7. The highest BCUT2D eigenvalue weighted by Crippen LogP contribution is 2.36. The fraction of sp³-hybridized carbons (Fsp3) is 0.360. The van der Waals surface area contributed by atoms with E-state index >= 15 is 0 Å². The minimum Gasteiger partial charge on any atom is -0.482 e. The van der Waals surface area contributed by atoms with Crippen LogP contribution in [0.3, 0.4) is 0 Å². The summed E-state index contributed by atoms with van der Waals surface area (Å²) in [6.07, 6.45) is 4.66. The Morgan fingerprint density at radius 3 is 2.53 bits per heavy atom. The number of rotatable bonds is 8. The van der Waals surface area contributed by atoms with Gasteiger partial charge in [-0.1, -0.05) is 11.6 Å². The van der Waals surface area contributed by atoms with E-state index in [0.29, 0.717) is 22.0 Å². The number of ether oxygens (including phenoxy) is 1. The SMILES string of the molecule is CN(C)[C@H]1CC[C@H](C(=O)Nc2c(C(=O)Nc3ccc(Cl)cn3)oc3ccc(OCC(=O)O)cc23)CC1. The average Bonchev–Trinajstić information content (AvgIpc) is 3.21. The van der Waals surface area contributed by atoms with Crippen molar-refractivity contribution in [2.24, 2.45) is 5.92 Å². The Hall–Kier alpha value is -3.63. The van der Waals surface area contributed by atoms with E-state index in [0.717, 1.165) is 25.7 Å². The number of benzene rings is 1. The van der Waals surface area contributed by atoms with Gasteiger partial charge in [0.25, 0.3) is 5.91 Å². The van der Waals surface area contributed by atoms with E-state index in [2.05, 4.69) is 20.5 Å². The molecular weight excluding hydrogens is 488 g/mol. The van der Waals surface area contributed by atoms with Crippen molar-refractivity contribution in [1.29, 1.82) is 0 Å². The number of aliphatic carboxylic acids is 1. The van der Waals surface area contributed by atoms with Crippen LogP contribution in [0.1, 0.15) is 36.2 Å². The summed E-state index contributed by atoms with van der Waals surface area (Å²) >= 11 is 5.87. The lowest BCUT2D eigenvalue weighted by molar-refractivity contribution is -0.139. The number of carbonyl (C=O) groups excluding carboxylic acids is 2. The number of nitrogens with one attached hydrogen (secondary N) is 2. The standard InChI is InChI=1S/C25H27ClN4O6/c1-30(2)16-6-3-14(4-7-16)24(33)29-22-18-11-17(35-13-21(31)32)8-9-19(18)36-23(22)25(34)28-20-10-5-15(26)12-27-20/h5,8-12,14,16H,3-4,6-7,13H2,1-2H3,(H,29,33)(H,31,32)(H,27,28,34)/t14-,16-. The minimum atomic E-state index is -1.13. The van der Waals surface area contributed by atoms with Gasteiger partial charge in [-0.15, -0.1) is 0 Å². The molecule has 0 aliphatic heterocycles. The second kappa shape index (κ2) is 11.0. The van der Waals surface area contributed by atoms with Gasteiger partial charge in [0.05, 0.1) is 5.02 Å². The molecule has 2 heterocycles. The summed E-state index contributed by atoms with van der Waals surface area (Å²) in [5, 5.41) is 15.3. The molecule has 1 aromatic carbocycles. The highest BCUT2D eigenvalue weighted by atomic mass is 35.5. The monoisotopic (exact) mass is 514 g/mol. The number of nitrogens with zero attached hydrogens (tertiary/aromatic N) is 2. The molecule has 1 saturated carbocycles. The lowest BCUT2D eigenvalue weighted by atomic mass is 9.85. The topological polar surface area (TPSA) is 134 Å². The normalized spacial score (nSPS) is 17.7. The molecule has 190 valence electrons. The summed E-state index contributed by atoms with van der Waals surface area (Å²) in [5.41, 5.74) is 0.524. The van der Waals surface area contributed by atoms with E-state index in [4.69, 9.17) is 25.9 Å². The third-order valence-corrected chi connectivity index (χ3v) is 6.47. The molecule has 11 heteroatoms. The first-order chi connectivity index (χ1) is 17.2. The van der Waals surface area contributed by atoms with Crippen molar-refractivity contribution in [1.82, 2.24) is 9.88 Å². The van der Waals surface area contributed by atoms with Gasteiger partial charge < -0.3 is 29.8 Å². The van der Waals surface area contributed by atoms with Gasteiger partial charge in [-0.05, 0) is 70.1 Å². The molecule has 1 aliphatic carbocycles. The summed E-state index contributed by atoms with van der Waals surface area (Å²) in [5.74, 6) is -1.72. The molecule has 3 aromatic rings. The maximum Gasteiger partial charge on any atom is 0.341 e. The van der Waals surface area contributed by atoms with Gasteiger partial charge in [0.15, 0.2) is 6.61 Å². The number of fused-ring (bicyclic) bond motifs is 1. The Labute approximate surface area is 212 Å². The molecule has 2 amide bonds. The Morgan fingerprint density at radius 2 is 1.89 bits per heavy atom. The fourth-order valence-electron chi connectivity index (χ4n) is 4.30. The van der Waals surface area contributed by atoms with Gasteiger partial charge in [0.1, 0.15) is 22.8 Å². The Bertz CT molecular complexity index is 1270. The predicted molar refractivity (Wildman–Crippen MR) is 135 cm³/mol. The molecule has 0 spiro atoms. The number of hydrogen-bond donors (Lipinski definition) is 3. The summed E-state index contributed by atoms with van der Waals surface area (Å²) in [7, 11) is 4.07. The van der Waals surface area contributed by atoms with Crippen LogP contribution in [0.2, 0.25) is 5.02 Å². The van der Waals surface area contributed by atoms with Gasteiger partial charge in [0, 0.05) is 23.5 Å². The van der Waals surface area contributed by atoms with Crippen LogP contribution in [0.4, 0.5) is 11.5 Å². The van der Waals surface area contributed by atoms with Gasteiger partial charge in [0.2, 0.25) is 11.7 Å². The Balaban J connectivity index is 1.63. The molecule has 0 unspecified atom stereocenters. The average molecular weight is 515 g/mol. The zero-order chi connectivity index (χ0) is 25.8. The van der Waals surface area contributed by atoms with Crippen LogP contribution in [0.25, 0.3) is 11.0 Å². The van der Waals surface area contributed by atoms with Crippen molar-refractivity contribution in [2.45, 2.75) is 31.7 Å². The molecule has 0 radical (unpaired) electrons. The maximum absolute atomic E-state index is 13.2. The number of pyridine rings is 1. The predicted octanol–water partition coefficient (Wildman–Crippen LogP) is 4.26. The Kier molecular flexibility index (Phi) is 7.76. The smallest absolute Gasteiger partial charge is 0.341 e. The van der Waals surface area contributed by atoms with Crippen molar-refractivity contribution in [3.63, 3.8) is 0 Å². The number of halogens is 1. The van der Waals surface area contributed by atoms with Gasteiger partial charge in [-0.3, -0.25) is 9.59 Å². The van der Waals surface area contributed by atoms with Crippen LogP contribution >= 0.6 is 11.6 Å². The van der Waals surface area contributed by atoms with Crippen molar-refractivity contribution >= 4 is 51.9 Å². The molecule has 0 bridgehead atoms. The van der Waals surface area contributed by atoms with Crippen molar-refractivity contribution in [3.8, 4) is 5.75 Å². The van der Waals surface area contributed by atoms with E-state index in [-0.39, 0.29) is 34.8 Å². The summed E-state index contributed by atoms with van der Waals surface area (Å²) < 4.78 is 11.1. The number of carboxylic acid groups (broad SMARTS) is 1. The molecule has 3 N–H and O–H groups in total. The van der Waals surface area contributed by atoms with Crippen LogP contribution < -0.4 is 15.4 Å². The zero-order valence-corrected chi connectivity index (χ0v) is 20.7. The molecule has 10 nitrogen and oxygen atoms in total. The highest BCUT2D eigenvalue weighted by molar-refractivity contribution is 6.30. The lowest BCUT2D eigenvalue weighted by Gasteiger charge is -2.31. The van der Waals surface area contributed by atoms with Crippen molar-refractivity contribution < 1.29 is 28.6 Å². The molecule has 1 aliphatic rings. The number of furan rings is 1. The Morgan fingerprint density at radius 1 is 1.14 bits per heavy atom. The number of anilines is 2. The van der Waals surface area contributed by atoms with Gasteiger partial charge in [-0.25, -0.2) is 9.78 Å². The largest absolute Gasteiger partial charge is 0.482 e. The number of amides is 2. The van der Waals surface area contributed by atoms with E-state index in [1.165, 1.54) is 18.3 Å². The first kappa shape index (κ1) is 25.5. The van der Waals surface area contributed by atoms with Crippen LogP contribution in [0.15, 0.2) is 40.9 Å². The first-order valence-electron chi connectivity index (χ1n) is 11.5. The van der Waals surface area contributed by atoms with E-state index in [9.17, 15) is 14.4 Å². The van der Waals surface area contributed by atoms with Gasteiger partial charge in [-0.2, -0.15) is 0 Å². The summed E-state index contributed by atoms with van der Waals surface area (Å²) in [6.45, 7) is -0.532. The molecule has 2 aromatic heterocycles. The van der Waals surface area contributed by atoms with Crippen molar-refractivity contribution in [3.05, 3.63) is 47.3 Å². The lowest BCUT2D eigenvalue weighted by Crippen LogP contribution is -2.35. The van der Waals surface area contributed by atoms with Gasteiger partial charge >= 0.3 is 5.97 Å². The molecule has 36 heavy (non-hydrogen) atoms. The molecule has 1 fully saturated rings. The van der Waals surface area contributed by atoms with E-state index < -0.39 is 18.5 Å². The van der Waals surface area contributed by atoms with E-state index in [1.807, 2.05) is 14.1 Å². The zero-order valence-electron chi connectivity index (χ0n) is 19.9. The second-order valence-electron chi connectivity index (χ2n) is 8.92. The van der Waals surface area contributed by atoms with Crippen LogP contribution in [-0.4, -0.2) is 59.5 Å².